The Morgan fingerprint density at radius 1 is 1.50 bits per heavy atom. The molecule has 1 saturated carbocycles. The first-order chi connectivity index (χ1) is 8.36. The van der Waals surface area contributed by atoms with Crippen LogP contribution in [0.25, 0.3) is 0 Å². The predicted molar refractivity (Wildman–Crippen MR) is 76.4 cm³/mol. The molecule has 1 heterocycles. The summed E-state index contributed by atoms with van der Waals surface area (Å²) in [5.41, 5.74) is 0.212. The first-order valence-corrected chi connectivity index (χ1v) is 7.61. The van der Waals surface area contributed by atoms with Crippen LogP contribution in [0.4, 0.5) is 0 Å². The number of hydrogen-bond acceptors (Lipinski definition) is 2. The zero-order valence-electron chi connectivity index (χ0n) is 11.7. The van der Waals surface area contributed by atoms with Gasteiger partial charge < -0.3 is 5.11 Å². The molecule has 1 aromatic rings. The van der Waals surface area contributed by atoms with Gasteiger partial charge in [0.1, 0.15) is 5.60 Å². The van der Waals surface area contributed by atoms with Gasteiger partial charge in [0, 0.05) is 6.04 Å². The van der Waals surface area contributed by atoms with Crippen molar-refractivity contribution in [2.45, 2.75) is 58.6 Å². The molecule has 3 unspecified atom stereocenters. The minimum Gasteiger partial charge on any atom is -0.383 e. The summed E-state index contributed by atoms with van der Waals surface area (Å²) in [5.74, 6) is 0.973. The Morgan fingerprint density at radius 2 is 2.17 bits per heavy atom. The summed E-state index contributed by atoms with van der Waals surface area (Å²) in [6, 6.07) is 0.266. The van der Waals surface area contributed by atoms with Crippen LogP contribution in [0.15, 0.2) is 10.7 Å². The van der Waals surface area contributed by atoms with Crippen LogP contribution in [0.5, 0.6) is 0 Å². The van der Waals surface area contributed by atoms with Crippen molar-refractivity contribution in [3.8, 4) is 0 Å². The molecule has 0 radical (unpaired) electrons. The van der Waals surface area contributed by atoms with E-state index in [0.717, 1.165) is 29.4 Å². The van der Waals surface area contributed by atoms with Gasteiger partial charge in [-0.05, 0) is 60.9 Å². The van der Waals surface area contributed by atoms with Gasteiger partial charge in [0.15, 0.2) is 0 Å². The van der Waals surface area contributed by atoms with Crippen LogP contribution in [-0.4, -0.2) is 14.9 Å². The van der Waals surface area contributed by atoms with Crippen LogP contribution in [-0.2, 0) is 5.60 Å². The maximum atomic E-state index is 11.1. The van der Waals surface area contributed by atoms with Gasteiger partial charge in [-0.15, -0.1) is 0 Å². The summed E-state index contributed by atoms with van der Waals surface area (Å²) in [4.78, 5) is 0. The van der Waals surface area contributed by atoms with Gasteiger partial charge in [-0.3, -0.25) is 4.68 Å². The minimum absolute atomic E-state index is 0.266. The van der Waals surface area contributed by atoms with Crippen LogP contribution in [0.2, 0.25) is 0 Å². The van der Waals surface area contributed by atoms with Crippen molar-refractivity contribution >= 4 is 15.9 Å². The SMILES string of the molecule is CC1CCC(O)(c2c(Br)cnn2C(C)C)C(C)C1. The van der Waals surface area contributed by atoms with Gasteiger partial charge in [-0.1, -0.05) is 13.8 Å². The van der Waals surface area contributed by atoms with E-state index in [-0.39, 0.29) is 12.0 Å². The van der Waals surface area contributed by atoms with E-state index in [9.17, 15) is 5.11 Å². The maximum absolute atomic E-state index is 11.1. The second-order valence-electron chi connectivity index (χ2n) is 6.08. The largest absolute Gasteiger partial charge is 0.383 e. The molecule has 3 atom stereocenters. The Morgan fingerprint density at radius 3 is 2.72 bits per heavy atom. The van der Waals surface area contributed by atoms with Crippen molar-refractivity contribution in [1.82, 2.24) is 9.78 Å². The average Bonchev–Trinajstić information content (AvgIpc) is 2.67. The topological polar surface area (TPSA) is 38.1 Å². The molecule has 2 rings (SSSR count). The second kappa shape index (κ2) is 4.97. The van der Waals surface area contributed by atoms with Crippen LogP contribution in [0.3, 0.4) is 0 Å². The molecule has 1 aliphatic rings. The van der Waals surface area contributed by atoms with Crippen LogP contribution in [0, 0.1) is 11.8 Å². The fourth-order valence-electron chi connectivity index (χ4n) is 3.12. The summed E-state index contributed by atoms with van der Waals surface area (Å²) in [6.07, 6.45) is 4.78. The number of rotatable bonds is 2. The number of hydrogen-bond donors (Lipinski definition) is 1. The van der Waals surface area contributed by atoms with Gasteiger partial charge in [0.25, 0.3) is 0 Å². The summed E-state index contributed by atoms with van der Waals surface area (Å²) in [6.45, 7) is 8.62. The first kappa shape index (κ1) is 14.1. The van der Waals surface area contributed by atoms with Gasteiger partial charge in [-0.25, -0.2) is 0 Å². The maximum Gasteiger partial charge on any atom is 0.110 e. The highest BCUT2D eigenvalue weighted by molar-refractivity contribution is 9.10. The first-order valence-electron chi connectivity index (χ1n) is 6.82. The molecule has 1 N–H and O–H groups in total. The van der Waals surface area contributed by atoms with E-state index in [1.807, 2.05) is 4.68 Å². The van der Waals surface area contributed by atoms with Gasteiger partial charge in [0.2, 0.25) is 0 Å². The van der Waals surface area contributed by atoms with Crippen molar-refractivity contribution in [3.05, 3.63) is 16.4 Å². The second-order valence-corrected chi connectivity index (χ2v) is 6.94. The monoisotopic (exact) mass is 314 g/mol. The predicted octanol–water partition coefficient (Wildman–Crippen LogP) is 3.87. The van der Waals surface area contributed by atoms with Crippen LogP contribution >= 0.6 is 15.9 Å². The molecule has 4 heteroatoms. The molecule has 0 saturated heterocycles. The summed E-state index contributed by atoms with van der Waals surface area (Å²) < 4.78 is 2.89. The van der Waals surface area contributed by atoms with Gasteiger partial charge in [0.05, 0.1) is 16.4 Å². The third-order valence-corrected chi connectivity index (χ3v) is 4.82. The molecule has 102 valence electrons. The lowest BCUT2D eigenvalue weighted by Gasteiger charge is -2.41. The highest BCUT2D eigenvalue weighted by atomic mass is 79.9. The normalized spacial score (nSPS) is 33.1. The lowest BCUT2D eigenvalue weighted by molar-refractivity contribution is -0.0666. The Balaban J connectivity index is 2.43. The molecular weight excluding hydrogens is 292 g/mol. The molecule has 0 amide bonds. The third-order valence-electron chi connectivity index (χ3n) is 4.24. The fraction of sp³-hybridized carbons (Fsp3) is 0.786. The fourth-order valence-corrected chi connectivity index (χ4v) is 3.74. The molecule has 0 aromatic carbocycles. The van der Waals surface area contributed by atoms with Crippen molar-refractivity contribution in [2.24, 2.45) is 11.8 Å². The van der Waals surface area contributed by atoms with E-state index in [4.69, 9.17) is 0 Å². The zero-order chi connectivity index (χ0) is 13.5. The molecule has 18 heavy (non-hydrogen) atoms. The van der Waals surface area contributed by atoms with Crippen LogP contribution < -0.4 is 0 Å². The lowest BCUT2D eigenvalue weighted by atomic mass is 9.70. The number of halogens is 1. The van der Waals surface area contributed by atoms with Crippen molar-refractivity contribution in [1.29, 1.82) is 0 Å². The Bertz CT molecular complexity index is 429. The van der Waals surface area contributed by atoms with Crippen molar-refractivity contribution in [2.75, 3.05) is 0 Å². The molecule has 1 aliphatic carbocycles. The summed E-state index contributed by atoms with van der Waals surface area (Å²) in [7, 11) is 0. The smallest absolute Gasteiger partial charge is 0.110 e. The summed E-state index contributed by atoms with van der Waals surface area (Å²) in [5, 5.41) is 15.5. The number of aromatic nitrogens is 2. The van der Waals surface area contributed by atoms with Gasteiger partial charge in [-0.2, -0.15) is 5.10 Å². The Hall–Kier alpha value is -0.350. The minimum atomic E-state index is -0.744. The van der Waals surface area contributed by atoms with E-state index in [1.165, 1.54) is 0 Å². The van der Waals surface area contributed by atoms with E-state index in [2.05, 4.69) is 48.7 Å². The third kappa shape index (κ3) is 2.25. The van der Waals surface area contributed by atoms with E-state index in [0.29, 0.717) is 5.92 Å². The van der Waals surface area contributed by atoms with E-state index >= 15 is 0 Å². The number of aliphatic hydroxyl groups is 1. The highest BCUT2D eigenvalue weighted by Crippen LogP contribution is 2.46. The molecule has 1 aromatic heterocycles. The molecule has 0 spiro atoms. The van der Waals surface area contributed by atoms with Gasteiger partial charge >= 0.3 is 0 Å². The zero-order valence-corrected chi connectivity index (χ0v) is 13.2. The summed E-state index contributed by atoms with van der Waals surface area (Å²) >= 11 is 3.56. The standard InChI is InChI=1S/C14H23BrN2O/c1-9(2)17-13(12(15)8-16-17)14(18)6-5-10(3)7-11(14)4/h8-11,18H,5-7H2,1-4H3. The number of nitrogens with zero attached hydrogens (tertiary/aromatic N) is 2. The molecule has 0 bridgehead atoms. The lowest BCUT2D eigenvalue weighted by Crippen LogP contribution is -2.41. The Kier molecular flexibility index (Phi) is 3.88. The van der Waals surface area contributed by atoms with Crippen LogP contribution in [0.1, 0.15) is 58.7 Å². The van der Waals surface area contributed by atoms with E-state index < -0.39 is 5.60 Å². The molecule has 0 aliphatic heterocycles. The molecular formula is C14H23BrN2O. The molecule has 1 fully saturated rings. The molecule has 3 nitrogen and oxygen atoms in total. The van der Waals surface area contributed by atoms with Crippen molar-refractivity contribution < 1.29 is 5.11 Å². The quantitative estimate of drug-likeness (QED) is 0.899. The van der Waals surface area contributed by atoms with E-state index in [1.54, 1.807) is 6.20 Å². The van der Waals surface area contributed by atoms with Crippen molar-refractivity contribution in [3.63, 3.8) is 0 Å². The average molecular weight is 315 g/mol. The Labute approximate surface area is 118 Å². The highest BCUT2D eigenvalue weighted by Gasteiger charge is 2.43.